The maximum Gasteiger partial charge on any atom is 0.417 e. The predicted octanol–water partition coefficient (Wildman–Crippen LogP) is 5.89. The summed E-state index contributed by atoms with van der Waals surface area (Å²) in [7, 11) is 0. The third-order valence-corrected chi connectivity index (χ3v) is 5.44. The molecule has 1 heterocycles. The highest BCUT2D eigenvalue weighted by atomic mass is 19.4. The lowest BCUT2D eigenvalue weighted by atomic mass is 9.72. The Kier molecular flexibility index (Phi) is 5.43. The number of nitrogens with zero attached hydrogens (tertiary/aromatic N) is 1. The fourth-order valence-corrected chi connectivity index (χ4v) is 3.73. The topological polar surface area (TPSA) is 33.1 Å². The van der Waals surface area contributed by atoms with Crippen molar-refractivity contribution in [1.82, 2.24) is 4.98 Å². The molecule has 0 saturated heterocycles. The lowest BCUT2D eigenvalue weighted by Gasteiger charge is -2.38. The second-order valence-electron chi connectivity index (χ2n) is 8.22. The van der Waals surface area contributed by atoms with Gasteiger partial charge in [0.25, 0.3) is 0 Å². The molecule has 6 heteroatoms. The smallest absolute Gasteiger partial charge is 0.380 e. The first-order valence-corrected chi connectivity index (χ1v) is 9.31. The lowest BCUT2D eigenvalue weighted by molar-refractivity contribution is -0.266. The summed E-state index contributed by atoms with van der Waals surface area (Å²) >= 11 is 0. The van der Waals surface area contributed by atoms with E-state index in [9.17, 15) is 22.7 Å². The Morgan fingerprint density at radius 2 is 1.69 bits per heavy atom. The summed E-state index contributed by atoms with van der Waals surface area (Å²) in [5.41, 5.74) is -2.35. The average molecular weight is 405 g/mol. The summed E-state index contributed by atoms with van der Waals surface area (Å²) in [4.78, 5) is 4.17. The summed E-state index contributed by atoms with van der Waals surface area (Å²) in [6.45, 7) is 4.75. The van der Waals surface area contributed by atoms with Crippen molar-refractivity contribution in [3.05, 3.63) is 77.2 Å². The van der Waals surface area contributed by atoms with Crippen LogP contribution >= 0.6 is 0 Å². The van der Waals surface area contributed by atoms with E-state index in [0.29, 0.717) is 27.6 Å². The number of aryl methyl sites for hydroxylation is 1. The van der Waals surface area contributed by atoms with Crippen molar-refractivity contribution < 1.29 is 22.7 Å². The molecule has 0 aliphatic rings. The molecule has 2 nitrogen and oxygen atoms in total. The SMILES string of the molecule is Cc1ccc(C(C)(C)CC(O)(Cc2ccnc3ccccc23)C(F)(F)F)cc1F. The molecule has 154 valence electrons. The van der Waals surface area contributed by atoms with Gasteiger partial charge in [-0.05, 0) is 53.6 Å². The minimum atomic E-state index is -4.86. The third kappa shape index (κ3) is 4.27. The quantitative estimate of drug-likeness (QED) is 0.537. The first-order valence-electron chi connectivity index (χ1n) is 9.31. The van der Waals surface area contributed by atoms with Gasteiger partial charge >= 0.3 is 6.18 Å². The van der Waals surface area contributed by atoms with Crippen molar-refractivity contribution in [2.24, 2.45) is 0 Å². The number of rotatable bonds is 5. The van der Waals surface area contributed by atoms with Gasteiger partial charge in [-0.1, -0.05) is 44.2 Å². The van der Waals surface area contributed by atoms with Gasteiger partial charge in [-0.15, -0.1) is 0 Å². The predicted molar refractivity (Wildman–Crippen MR) is 105 cm³/mol. The molecule has 0 aliphatic heterocycles. The normalized spacial score (nSPS) is 14.8. The van der Waals surface area contributed by atoms with Crippen LogP contribution in [0.1, 0.15) is 37.0 Å². The Balaban J connectivity index is 2.01. The number of alkyl halides is 3. The van der Waals surface area contributed by atoms with E-state index in [1.54, 1.807) is 51.1 Å². The highest BCUT2D eigenvalue weighted by Crippen LogP contribution is 2.43. The van der Waals surface area contributed by atoms with E-state index in [1.165, 1.54) is 24.4 Å². The second-order valence-corrected chi connectivity index (χ2v) is 8.22. The minimum Gasteiger partial charge on any atom is -0.380 e. The van der Waals surface area contributed by atoms with E-state index in [0.717, 1.165) is 0 Å². The molecule has 0 radical (unpaired) electrons. The van der Waals surface area contributed by atoms with Crippen molar-refractivity contribution in [3.8, 4) is 0 Å². The van der Waals surface area contributed by atoms with Crippen LogP contribution in [0.3, 0.4) is 0 Å². The molecule has 0 spiro atoms. The number of aromatic nitrogens is 1. The number of benzene rings is 2. The minimum absolute atomic E-state index is 0.362. The van der Waals surface area contributed by atoms with Crippen LogP contribution in [-0.2, 0) is 11.8 Å². The largest absolute Gasteiger partial charge is 0.417 e. The number of hydrogen-bond donors (Lipinski definition) is 1. The van der Waals surface area contributed by atoms with Crippen molar-refractivity contribution in [1.29, 1.82) is 0 Å². The van der Waals surface area contributed by atoms with Crippen LogP contribution in [-0.4, -0.2) is 21.9 Å². The van der Waals surface area contributed by atoms with E-state index in [1.807, 2.05) is 0 Å². The summed E-state index contributed by atoms with van der Waals surface area (Å²) in [6, 6.07) is 12.8. The second kappa shape index (κ2) is 7.41. The van der Waals surface area contributed by atoms with Crippen LogP contribution in [0.4, 0.5) is 17.6 Å². The van der Waals surface area contributed by atoms with E-state index < -0.39 is 35.9 Å². The molecule has 0 saturated carbocycles. The zero-order valence-electron chi connectivity index (χ0n) is 16.5. The zero-order valence-corrected chi connectivity index (χ0v) is 16.5. The molecule has 3 rings (SSSR count). The number of halogens is 4. The Morgan fingerprint density at radius 1 is 1.00 bits per heavy atom. The van der Waals surface area contributed by atoms with E-state index in [2.05, 4.69) is 4.98 Å². The zero-order chi connectivity index (χ0) is 21.4. The monoisotopic (exact) mass is 405 g/mol. The van der Waals surface area contributed by atoms with Crippen molar-refractivity contribution in [2.75, 3.05) is 0 Å². The van der Waals surface area contributed by atoms with Crippen molar-refractivity contribution in [2.45, 2.75) is 50.8 Å². The lowest BCUT2D eigenvalue weighted by Crippen LogP contribution is -2.50. The highest BCUT2D eigenvalue weighted by Gasteiger charge is 2.55. The molecule has 3 aromatic rings. The molecule has 29 heavy (non-hydrogen) atoms. The first-order chi connectivity index (χ1) is 13.4. The van der Waals surface area contributed by atoms with E-state index >= 15 is 0 Å². The first kappa shape index (κ1) is 21.2. The van der Waals surface area contributed by atoms with Crippen LogP contribution in [0, 0.1) is 12.7 Å². The molecule has 1 aromatic heterocycles. The average Bonchev–Trinajstić information content (AvgIpc) is 2.63. The Bertz CT molecular complexity index is 1020. The third-order valence-electron chi connectivity index (χ3n) is 5.44. The molecule has 1 unspecified atom stereocenters. The van der Waals surface area contributed by atoms with Crippen LogP contribution in [0.25, 0.3) is 10.9 Å². The molecule has 0 fully saturated rings. The Hall–Kier alpha value is -2.47. The van der Waals surface area contributed by atoms with Gasteiger partial charge in [0.1, 0.15) is 5.82 Å². The molecule has 1 N–H and O–H groups in total. The molecule has 1 atom stereocenters. The maximum atomic E-state index is 14.0. The fourth-order valence-electron chi connectivity index (χ4n) is 3.73. The van der Waals surface area contributed by atoms with Gasteiger partial charge in [0.2, 0.25) is 0 Å². The highest BCUT2D eigenvalue weighted by molar-refractivity contribution is 5.81. The molecule has 0 amide bonds. The Morgan fingerprint density at radius 3 is 2.34 bits per heavy atom. The van der Waals surface area contributed by atoms with Gasteiger partial charge in [0.05, 0.1) is 5.52 Å². The summed E-state index contributed by atoms with van der Waals surface area (Å²) < 4.78 is 56.1. The number of para-hydroxylation sites is 1. The molecule has 0 bridgehead atoms. The van der Waals surface area contributed by atoms with Gasteiger partial charge < -0.3 is 5.11 Å². The maximum absolute atomic E-state index is 14.0. The summed E-state index contributed by atoms with van der Waals surface area (Å²) in [6.07, 6.45) is -4.65. The van der Waals surface area contributed by atoms with Crippen LogP contribution in [0.15, 0.2) is 54.7 Å². The molecular formula is C23H23F4NO. The van der Waals surface area contributed by atoms with Gasteiger partial charge in [0.15, 0.2) is 5.60 Å². The van der Waals surface area contributed by atoms with Crippen molar-refractivity contribution >= 4 is 10.9 Å². The van der Waals surface area contributed by atoms with Gasteiger partial charge in [-0.25, -0.2) is 4.39 Å². The van der Waals surface area contributed by atoms with E-state index in [4.69, 9.17) is 0 Å². The number of aliphatic hydroxyl groups is 1. The number of fused-ring (bicyclic) bond motifs is 1. The van der Waals surface area contributed by atoms with Crippen LogP contribution < -0.4 is 0 Å². The fraction of sp³-hybridized carbons (Fsp3) is 0.348. The summed E-state index contributed by atoms with van der Waals surface area (Å²) in [5, 5.41) is 11.4. The number of pyridine rings is 1. The molecular weight excluding hydrogens is 382 g/mol. The standard InChI is InChI=1S/C23H23F4NO/c1-15-8-9-17(12-19(15)24)21(2,3)14-22(29,23(25,26)27)13-16-10-11-28-20-7-5-4-6-18(16)20/h4-12,29H,13-14H2,1-3H3. The van der Waals surface area contributed by atoms with Gasteiger partial charge in [-0.2, -0.15) is 13.2 Å². The molecule has 0 aliphatic carbocycles. The van der Waals surface area contributed by atoms with Gasteiger partial charge in [0, 0.05) is 18.0 Å². The van der Waals surface area contributed by atoms with Gasteiger partial charge in [-0.3, -0.25) is 4.98 Å². The van der Waals surface area contributed by atoms with Crippen LogP contribution in [0.5, 0.6) is 0 Å². The number of hydrogen-bond acceptors (Lipinski definition) is 2. The summed E-state index contributed by atoms with van der Waals surface area (Å²) in [5.74, 6) is -0.480. The van der Waals surface area contributed by atoms with Crippen molar-refractivity contribution in [3.63, 3.8) is 0 Å². The van der Waals surface area contributed by atoms with Crippen LogP contribution in [0.2, 0.25) is 0 Å². The Labute approximate surface area is 167 Å². The molecule has 2 aromatic carbocycles. The van der Waals surface area contributed by atoms with E-state index in [-0.39, 0.29) is 0 Å².